The maximum Gasteiger partial charge on any atom is 0.335 e. The van der Waals surface area contributed by atoms with Gasteiger partial charge in [0.25, 0.3) is 0 Å². The van der Waals surface area contributed by atoms with Crippen molar-refractivity contribution in [3.63, 3.8) is 0 Å². The fourth-order valence-corrected chi connectivity index (χ4v) is 4.89. The Balaban J connectivity index is 1.59. The van der Waals surface area contributed by atoms with E-state index in [0.717, 1.165) is 60.4 Å². The zero-order valence-corrected chi connectivity index (χ0v) is 17.3. The summed E-state index contributed by atoms with van der Waals surface area (Å²) >= 11 is 7.47. The van der Waals surface area contributed by atoms with Crippen LogP contribution in [0.25, 0.3) is 22.2 Å². The number of nitrogens with one attached hydrogen (secondary N) is 1. The minimum absolute atomic E-state index is 0.323. The van der Waals surface area contributed by atoms with E-state index in [-0.39, 0.29) is 5.49 Å². The lowest BCUT2D eigenvalue weighted by Crippen LogP contribution is -2.36. The highest BCUT2D eigenvalue weighted by Crippen LogP contribution is 2.41. The molecule has 0 saturated carbocycles. The van der Waals surface area contributed by atoms with Crippen LogP contribution in [0.2, 0.25) is 5.02 Å². The van der Waals surface area contributed by atoms with E-state index >= 15 is 0 Å². The summed E-state index contributed by atoms with van der Waals surface area (Å²) in [6.45, 7) is 3.25. The van der Waals surface area contributed by atoms with Crippen LogP contribution >= 0.6 is 31.0 Å². The Morgan fingerprint density at radius 3 is 2.61 bits per heavy atom. The lowest BCUT2D eigenvalue weighted by molar-refractivity contribution is 0.122. The van der Waals surface area contributed by atoms with Crippen molar-refractivity contribution in [2.75, 3.05) is 36.7 Å². The maximum atomic E-state index is 11.1. The van der Waals surface area contributed by atoms with Crippen LogP contribution in [0.1, 0.15) is 0 Å². The van der Waals surface area contributed by atoms with Gasteiger partial charge in [-0.2, -0.15) is 0 Å². The Bertz CT molecular complexity index is 1030. The van der Waals surface area contributed by atoms with Gasteiger partial charge in [0, 0.05) is 24.3 Å². The number of hydrogen-bond donors (Lipinski definition) is 3. The normalized spacial score (nSPS) is 15.3. The van der Waals surface area contributed by atoms with Crippen molar-refractivity contribution in [3.05, 3.63) is 41.4 Å². The van der Waals surface area contributed by atoms with Gasteiger partial charge in [0.15, 0.2) is 5.16 Å². The summed E-state index contributed by atoms with van der Waals surface area (Å²) in [7, 11) is -4.09. The standard InChI is InChI=1S/C18H19ClN3O4PS/c19-15-10-17-16(20-18(21-17)28-11-27(23,24)25)9-14(15)12-1-3-13(4-2-12)22-5-7-26-8-6-22/h1-4,9-10H,5-8,11H2,(H,20,21)(H2,23,24,25). The van der Waals surface area contributed by atoms with Gasteiger partial charge in [-0.3, -0.25) is 4.57 Å². The Morgan fingerprint density at radius 1 is 1.21 bits per heavy atom. The number of anilines is 1. The van der Waals surface area contributed by atoms with Crippen molar-refractivity contribution < 1.29 is 19.1 Å². The smallest absolute Gasteiger partial charge is 0.335 e. The Kier molecular flexibility index (Phi) is 5.69. The molecule has 0 bridgehead atoms. The first-order valence-corrected chi connectivity index (χ1v) is 11.8. The number of morpholine rings is 1. The zero-order chi connectivity index (χ0) is 19.7. The summed E-state index contributed by atoms with van der Waals surface area (Å²) in [6, 6.07) is 11.9. The van der Waals surface area contributed by atoms with Crippen LogP contribution < -0.4 is 4.90 Å². The minimum atomic E-state index is -4.09. The highest BCUT2D eigenvalue weighted by atomic mass is 35.5. The number of benzene rings is 2. The first kappa shape index (κ1) is 19.8. The van der Waals surface area contributed by atoms with E-state index in [2.05, 4.69) is 27.0 Å². The van der Waals surface area contributed by atoms with E-state index in [9.17, 15) is 4.57 Å². The SMILES string of the molecule is O=P(O)(O)CSc1nc2cc(-c3ccc(N4CCOCC4)cc3)c(Cl)cc2[nH]1. The molecule has 4 rings (SSSR count). The van der Waals surface area contributed by atoms with Crippen LogP contribution in [0.3, 0.4) is 0 Å². The van der Waals surface area contributed by atoms with E-state index in [4.69, 9.17) is 26.1 Å². The molecule has 0 radical (unpaired) electrons. The second-order valence-electron chi connectivity index (χ2n) is 6.48. The summed E-state index contributed by atoms with van der Waals surface area (Å²) in [5.41, 5.74) is 4.10. The molecule has 0 unspecified atom stereocenters. The van der Waals surface area contributed by atoms with E-state index in [1.807, 2.05) is 18.2 Å². The summed E-state index contributed by atoms with van der Waals surface area (Å²) in [5.74, 6) is 0. The fourth-order valence-electron chi connectivity index (χ4n) is 3.12. The topological polar surface area (TPSA) is 98.7 Å². The number of H-pyrrole nitrogens is 1. The quantitative estimate of drug-likeness (QED) is 0.409. The largest absolute Gasteiger partial charge is 0.378 e. The summed E-state index contributed by atoms with van der Waals surface area (Å²) in [4.78, 5) is 27.8. The fraction of sp³-hybridized carbons (Fsp3) is 0.278. The van der Waals surface area contributed by atoms with Crippen LogP contribution in [-0.4, -0.2) is 51.6 Å². The Labute approximate surface area is 171 Å². The van der Waals surface area contributed by atoms with Crippen molar-refractivity contribution in [1.82, 2.24) is 9.97 Å². The molecule has 28 heavy (non-hydrogen) atoms. The molecule has 1 aliphatic heterocycles. The number of halogens is 1. The number of aromatic amines is 1. The van der Waals surface area contributed by atoms with Crippen LogP contribution in [0.15, 0.2) is 41.6 Å². The average Bonchev–Trinajstić information content (AvgIpc) is 3.08. The molecule has 2 heterocycles. The van der Waals surface area contributed by atoms with Crippen molar-refractivity contribution in [2.24, 2.45) is 0 Å². The number of fused-ring (bicyclic) bond motifs is 1. The van der Waals surface area contributed by atoms with Crippen LogP contribution in [0, 0.1) is 0 Å². The van der Waals surface area contributed by atoms with Gasteiger partial charge in [0.05, 0.1) is 29.3 Å². The highest BCUT2D eigenvalue weighted by Gasteiger charge is 2.16. The van der Waals surface area contributed by atoms with Crippen molar-refractivity contribution in [2.45, 2.75) is 5.16 Å². The third kappa shape index (κ3) is 4.54. The average molecular weight is 440 g/mol. The van der Waals surface area contributed by atoms with Crippen LogP contribution in [0.4, 0.5) is 5.69 Å². The summed E-state index contributed by atoms with van der Waals surface area (Å²) in [5, 5.41) is 1.04. The number of thioether (sulfide) groups is 1. The van der Waals surface area contributed by atoms with Gasteiger partial charge in [-0.1, -0.05) is 35.5 Å². The first-order valence-electron chi connectivity index (χ1n) is 8.69. The molecule has 3 aromatic rings. The van der Waals surface area contributed by atoms with E-state index < -0.39 is 7.60 Å². The van der Waals surface area contributed by atoms with Gasteiger partial charge in [0.1, 0.15) is 5.49 Å². The number of imidazole rings is 1. The zero-order valence-electron chi connectivity index (χ0n) is 14.8. The molecule has 0 spiro atoms. The molecule has 0 aliphatic carbocycles. The second kappa shape index (κ2) is 8.06. The van der Waals surface area contributed by atoms with Gasteiger partial charge in [-0.25, -0.2) is 4.98 Å². The minimum Gasteiger partial charge on any atom is -0.378 e. The summed E-state index contributed by atoms with van der Waals surface area (Å²) < 4.78 is 16.4. The molecule has 0 atom stereocenters. The molecule has 7 nitrogen and oxygen atoms in total. The molecule has 10 heteroatoms. The molecule has 1 aromatic heterocycles. The number of hydrogen-bond acceptors (Lipinski definition) is 5. The van der Waals surface area contributed by atoms with E-state index in [0.29, 0.717) is 15.7 Å². The van der Waals surface area contributed by atoms with Crippen molar-refractivity contribution in [3.8, 4) is 11.1 Å². The van der Waals surface area contributed by atoms with Crippen LogP contribution in [0.5, 0.6) is 0 Å². The Hall–Kier alpha value is -1.54. The molecule has 1 aliphatic rings. The second-order valence-corrected chi connectivity index (χ2v) is 9.92. The number of nitrogens with zero attached hydrogens (tertiary/aromatic N) is 2. The van der Waals surface area contributed by atoms with E-state index in [1.54, 1.807) is 6.07 Å². The predicted molar refractivity (Wildman–Crippen MR) is 112 cm³/mol. The molecule has 0 amide bonds. The Morgan fingerprint density at radius 2 is 1.93 bits per heavy atom. The number of rotatable bonds is 5. The number of aromatic nitrogens is 2. The maximum absolute atomic E-state index is 11.1. The van der Waals surface area contributed by atoms with E-state index in [1.165, 1.54) is 0 Å². The molecular weight excluding hydrogens is 421 g/mol. The van der Waals surface area contributed by atoms with Gasteiger partial charge in [-0.15, -0.1) is 0 Å². The molecule has 3 N–H and O–H groups in total. The third-order valence-electron chi connectivity index (χ3n) is 4.47. The molecule has 2 aromatic carbocycles. The van der Waals surface area contributed by atoms with Gasteiger partial charge in [0.2, 0.25) is 0 Å². The summed E-state index contributed by atoms with van der Waals surface area (Å²) in [6.07, 6.45) is 0. The van der Waals surface area contributed by atoms with Crippen molar-refractivity contribution in [1.29, 1.82) is 0 Å². The highest BCUT2D eigenvalue weighted by molar-refractivity contribution is 8.04. The van der Waals surface area contributed by atoms with Gasteiger partial charge < -0.3 is 24.4 Å². The first-order chi connectivity index (χ1) is 13.4. The van der Waals surface area contributed by atoms with Gasteiger partial charge in [-0.05, 0) is 29.8 Å². The third-order valence-corrected chi connectivity index (χ3v) is 7.11. The molecule has 148 valence electrons. The predicted octanol–water partition coefficient (Wildman–Crippen LogP) is 3.95. The monoisotopic (exact) mass is 439 g/mol. The molecular formula is C18H19ClN3O4PS. The molecule has 1 fully saturated rings. The van der Waals surface area contributed by atoms with Crippen LogP contribution in [-0.2, 0) is 9.30 Å². The molecule has 1 saturated heterocycles. The lowest BCUT2D eigenvalue weighted by atomic mass is 10.0. The lowest BCUT2D eigenvalue weighted by Gasteiger charge is -2.29. The van der Waals surface area contributed by atoms with Gasteiger partial charge >= 0.3 is 7.60 Å². The number of ether oxygens (including phenoxy) is 1. The van der Waals surface area contributed by atoms with Crippen molar-refractivity contribution >= 4 is 47.7 Å².